The number of ether oxygens (including phenoxy) is 2. The average Bonchev–Trinajstić information content (AvgIpc) is 2.44. The molecule has 0 aromatic heterocycles. The van der Waals surface area contributed by atoms with E-state index in [2.05, 4.69) is 4.90 Å². The van der Waals surface area contributed by atoms with Crippen LogP contribution in [0.5, 0.6) is 5.75 Å². The summed E-state index contributed by atoms with van der Waals surface area (Å²) in [5.74, 6) is 0.605. The molecule has 1 saturated heterocycles. The molecule has 0 spiro atoms. The minimum absolute atomic E-state index is 0.0372. The van der Waals surface area contributed by atoms with Crippen LogP contribution >= 0.6 is 11.6 Å². The van der Waals surface area contributed by atoms with Crippen molar-refractivity contribution in [2.24, 2.45) is 0 Å². The van der Waals surface area contributed by atoms with Crippen LogP contribution in [-0.4, -0.2) is 38.7 Å². The Morgan fingerprint density at radius 1 is 1.45 bits per heavy atom. The summed E-state index contributed by atoms with van der Waals surface area (Å²) < 4.78 is 11.1. The third kappa shape index (κ3) is 2.91. The molecular weight excluding hydrogens is 278 g/mol. The SMILES string of the molecule is CCOc1c(C(C)=O)cc(Cl)c(C)c1N1CCOCC1. The highest BCUT2D eigenvalue weighted by atomic mass is 35.5. The van der Waals surface area contributed by atoms with E-state index in [-0.39, 0.29) is 5.78 Å². The van der Waals surface area contributed by atoms with Crippen molar-refractivity contribution in [2.45, 2.75) is 20.8 Å². The lowest BCUT2D eigenvalue weighted by atomic mass is 10.0. The van der Waals surface area contributed by atoms with Crippen LogP contribution in [0.3, 0.4) is 0 Å². The monoisotopic (exact) mass is 297 g/mol. The largest absolute Gasteiger partial charge is 0.491 e. The molecule has 4 nitrogen and oxygen atoms in total. The first-order valence-electron chi connectivity index (χ1n) is 6.85. The molecule has 0 amide bonds. The quantitative estimate of drug-likeness (QED) is 0.801. The molecule has 1 aromatic carbocycles. The van der Waals surface area contributed by atoms with Crippen molar-refractivity contribution in [1.82, 2.24) is 0 Å². The van der Waals surface area contributed by atoms with Gasteiger partial charge in [-0.15, -0.1) is 0 Å². The molecule has 1 aromatic rings. The first kappa shape index (κ1) is 15.1. The lowest BCUT2D eigenvalue weighted by Gasteiger charge is -2.32. The Bertz CT molecular complexity index is 510. The number of carbonyl (C=O) groups is 1. The Balaban J connectivity index is 2.58. The smallest absolute Gasteiger partial charge is 0.163 e. The summed E-state index contributed by atoms with van der Waals surface area (Å²) in [7, 11) is 0. The van der Waals surface area contributed by atoms with Crippen molar-refractivity contribution in [3.63, 3.8) is 0 Å². The van der Waals surface area contributed by atoms with Crippen LogP contribution in [0.1, 0.15) is 29.8 Å². The van der Waals surface area contributed by atoms with Crippen LogP contribution < -0.4 is 9.64 Å². The van der Waals surface area contributed by atoms with E-state index in [1.54, 1.807) is 6.07 Å². The number of nitrogens with zero attached hydrogens (tertiary/aromatic N) is 1. The van der Waals surface area contributed by atoms with E-state index in [1.807, 2.05) is 13.8 Å². The van der Waals surface area contributed by atoms with Crippen LogP contribution in [0.2, 0.25) is 5.02 Å². The number of hydrogen-bond donors (Lipinski definition) is 0. The van der Waals surface area contributed by atoms with Crippen molar-refractivity contribution >= 4 is 23.1 Å². The van der Waals surface area contributed by atoms with Gasteiger partial charge in [0.1, 0.15) is 0 Å². The summed E-state index contributed by atoms with van der Waals surface area (Å²) in [4.78, 5) is 14.0. The molecule has 1 heterocycles. The van der Waals surface area contributed by atoms with Crippen molar-refractivity contribution < 1.29 is 14.3 Å². The number of ketones is 1. The zero-order chi connectivity index (χ0) is 14.7. The van der Waals surface area contributed by atoms with Gasteiger partial charge < -0.3 is 14.4 Å². The number of carbonyl (C=O) groups excluding carboxylic acids is 1. The Morgan fingerprint density at radius 2 is 2.10 bits per heavy atom. The number of anilines is 1. The van der Waals surface area contributed by atoms with Crippen LogP contribution in [-0.2, 0) is 4.74 Å². The Morgan fingerprint density at radius 3 is 2.65 bits per heavy atom. The molecule has 0 saturated carbocycles. The fraction of sp³-hybridized carbons (Fsp3) is 0.533. The van der Waals surface area contributed by atoms with Gasteiger partial charge in [0.2, 0.25) is 0 Å². The van der Waals surface area contributed by atoms with Gasteiger partial charge in [-0.1, -0.05) is 11.6 Å². The normalized spacial score (nSPS) is 15.3. The van der Waals surface area contributed by atoms with Gasteiger partial charge >= 0.3 is 0 Å². The summed E-state index contributed by atoms with van der Waals surface area (Å²) in [6.45, 7) is 8.82. The second-order valence-electron chi connectivity index (χ2n) is 4.80. The van der Waals surface area contributed by atoms with E-state index >= 15 is 0 Å². The Kier molecular flexibility index (Phi) is 4.89. The molecule has 0 radical (unpaired) electrons. The Labute approximate surface area is 124 Å². The van der Waals surface area contributed by atoms with Gasteiger partial charge in [-0.05, 0) is 32.4 Å². The van der Waals surface area contributed by atoms with E-state index in [0.29, 0.717) is 36.2 Å². The molecule has 20 heavy (non-hydrogen) atoms. The second-order valence-corrected chi connectivity index (χ2v) is 5.20. The third-order valence-electron chi connectivity index (χ3n) is 3.44. The van der Waals surface area contributed by atoms with Gasteiger partial charge in [-0.3, -0.25) is 4.79 Å². The van der Waals surface area contributed by atoms with Crippen LogP contribution in [0.15, 0.2) is 6.07 Å². The molecular formula is C15H20ClNO3. The van der Waals surface area contributed by atoms with Crippen molar-refractivity contribution in [3.8, 4) is 5.75 Å². The number of benzene rings is 1. The minimum Gasteiger partial charge on any atom is -0.491 e. The molecule has 0 aliphatic carbocycles. The minimum atomic E-state index is -0.0372. The van der Waals surface area contributed by atoms with Gasteiger partial charge in [-0.2, -0.15) is 0 Å². The zero-order valence-corrected chi connectivity index (χ0v) is 12.9. The molecule has 0 atom stereocenters. The molecule has 5 heteroatoms. The molecule has 0 unspecified atom stereocenters. The maximum absolute atomic E-state index is 11.9. The van der Waals surface area contributed by atoms with Gasteiger partial charge in [-0.25, -0.2) is 0 Å². The highest BCUT2D eigenvalue weighted by molar-refractivity contribution is 6.32. The van der Waals surface area contributed by atoms with Gasteiger partial charge in [0.25, 0.3) is 0 Å². The van der Waals surface area contributed by atoms with Gasteiger partial charge in [0.15, 0.2) is 11.5 Å². The average molecular weight is 298 g/mol. The maximum Gasteiger partial charge on any atom is 0.163 e. The van der Waals surface area contributed by atoms with Crippen molar-refractivity contribution in [2.75, 3.05) is 37.8 Å². The van der Waals surface area contributed by atoms with Crippen molar-refractivity contribution in [1.29, 1.82) is 0 Å². The Hall–Kier alpha value is -1.26. The standard InChI is InChI=1S/C15H20ClNO3/c1-4-20-15-12(11(3)18)9-13(16)10(2)14(15)17-5-7-19-8-6-17/h9H,4-8H2,1-3H3. The van der Waals surface area contributed by atoms with Crippen LogP contribution in [0, 0.1) is 6.92 Å². The molecule has 1 aliphatic heterocycles. The number of Topliss-reactive ketones (excluding diaryl/α,β-unsaturated/α-hetero) is 1. The molecule has 110 valence electrons. The molecule has 1 aliphatic rings. The number of halogens is 1. The van der Waals surface area contributed by atoms with Gasteiger partial charge in [0, 0.05) is 18.1 Å². The lowest BCUT2D eigenvalue weighted by molar-refractivity contribution is 0.101. The first-order valence-corrected chi connectivity index (χ1v) is 7.23. The summed E-state index contributed by atoms with van der Waals surface area (Å²) in [5.41, 5.74) is 2.42. The summed E-state index contributed by atoms with van der Waals surface area (Å²) in [6.07, 6.45) is 0. The predicted molar refractivity (Wildman–Crippen MR) is 80.4 cm³/mol. The number of hydrogen-bond acceptors (Lipinski definition) is 4. The zero-order valence-electron chi connectivity index (χ0n) is 12.2. The molecule has 1 fully saturated rings. The fourth-order valence-corrected chi connectivity index (χ4v) is 2.63. The molecule has 0 bridgehead atoms. The van der Waals surface area contributed by atoms with Gasteiger partial charge in [0.05, 0.1) is 31.1 Å². The highest BCUT2D eigenvalue weighted by Gasteiger charge is 2.24. The van der Waals surface area contributed by atoms with E-state index in [0.717, 1.165) is 24.3 Å². The number of rotatable bonds is 4. The summed E-state index contributed by atoms with van der Waals surface area (Å²) in [5, 5.41) is 0.597. The molecule has 2 rings (SSSR count). The van der Waals surface area contributed by atoms with E-state index in [1.165, 1.54) is 6.92 Å². The predicted octanol–water partition coefficient (Wildman–Crippen LogP) is 3.09. The van der Waals surface area contributed by atoms with Crippen molar-refractivity contribution in [3.05, 3.63) is 22.2 Å². The summed E-state index contributed by atoms with van der Waals surface area (Å²) in [6, 6.07) is 1.70. The van der Waals surface area contributed by atoms with Crippen LogP contribution in [0.25, 0.3) is 0 Å². The van der Waals surface area contributed by atoms with E-state index in [4.69, 9.17) is 21.1 Å². The topological polar surface area (TPSA) is 38.8 Å². The maximum atomic E-state index is 11.9. The third-order valence-corrected chi connectivity index (χ3v) is 3.83. The molecule has 0 N–H and O–H groups in total. The first-order chi connectivity index (χ1) is 9.56. The fourth-order valence-electron chi connectivity index (χ4n) is 2.43. The summed E-state index contributed by atoms with van der Waals surface area (Å²) >= 11 is 6.29. The van der Waals surface area contributed by atoms with E-state index < -0.39 is 0 Å². The second kappa shape index (κ2) is 6.46. The number of morpholine rings is 1. The van der Waals surface area contributed by atoms with E-state index in [9.17, 15) is 4.79 Å². The van der Waals surface area contributed by atoms with Crippen LogP contribution in [0.4, 0.5) is 5.69 Å². The lowest BCUT2D eigenvalue weighted by Crippen LogP contribution is -2.37. The highest BCUT2D eigenvalue weighted by Crippen LogP contribution is 2.40.